The van der Waals surface area contributed by atoms with Crippen molar-refractivity contribution in [2.75, 3.05) is 20.7 Å². The second kappa shape index (κ2) is 7.09. The molecule has 0 amide bonds. The van der Waals surface area contributed by atoms with Crippen LogP contribution in [0, 0.1) is 0 Å². The minimum absolute atomic E-state index is 0.454. The molecule has 0 aliphatic rings. The van der Waals surface area contributed by atoms with Crippen LogP contribution >= 0.6 is 0 Å². The molecule has 0 bridgehead atoms. The van der Waals surface area contributed by atoms with Gasteiger partial charge in [-0.2, -0.15) is 0 Å². The Balaban J connectivity index is 2.28. The summed E-state index contributed by atoms with van der Waals surface area (Å²) in [6.45, 7) is 0.828. The summed E-state index contributed by atoms with van der Waals surface area (Å²) >= 11 is 0. The normalized spacial score (nSPS) is 12.3. The molecule has 0 spiro atoms. The number of methoxy groups -OCH3 is 1. The van der Waals surface area contributed by atoms with Gasteiger partial charge in [-0.05, 0) is 54.9 Å². The van der Waals surface area contributed by atoms with E-state index in [0.29, 0.717) is 6.42 Å². The lowest BCUT2D eigenvalue weighted by atomic mass is 9.92. The van der Waals surface area contributed by atoms with Gasteiger partial charge in [0, 0.05) is 0 Å². The molecule has 0 aromatic heterocycles. The summed E-state index contributed by atoms with van der Waals surface area (Å²) in [6, 6.07) is 11.6. The fourth-order valence-corrected chi connectivity index (χ4v) is 2.50. The first-order valence-electron chi connectivity index (χ1n) is 7.11. The molecule has 4 nitrogen and oxygen atoms in total. The van der Waals surface area contributed by atoms with Crippen LogP contribution in [0.15, 0.2) is 36.4 Å². The van der Waals surface area contributed by atoms with Gasteiger partial charge in [-0.1, -0.05) is 24.3 Å². The third-order valence-corrected chi connectivity index (χ3v) is 3.69. The number of rotatable bonds is 7. The van der Waals surface area contributed by atoms with Crippen LogP contribution in [0.4, 0.5) is 0 Å². The number of hydrogen-bond acceptors (Lipinski definition) is 3. The van der Waals surface area contributed by atoms with Crippen molar-refractivity contribution in [1.82, 2.24) is 5.32 Å². The predicted octanol–water partition coefficient (Wildman–Crippen LogP) is 3.02. The number of carboxylic acid groups (broad SMARTS) is 1. The molecular formula is C17H21NO3. The lowest BCUT2D eigenvalue weighted by Gasteiger charge is -2.14. The van der Waals surface area contributed by atoms with Crippen molar-refractivity contribution in [2.45, 2.75) is 18.8 Å². The largest absolute Gasteiger partial charge is 0.497 e. The first-order valence-corrected chi connectivity index (χ1v) is 7.11. The number of ether oxygens (including phenoxy) is 1. The van der Waals surface area contributed by atoms with Gasteiger partial charge >= 0.3 is 5.97 Å². The number of nitrogens with one attached hydrogen (secondary N) is 1. The molecule has 0 aliphatic carbocycles. The summed E-state index contributed by atoms with van der Waals surface area (Å²) in [4.78, 5) is 11.5. The third-order valence-electron chi connectivity index (χ3n) is 3.69. The highest BCUT2D eigenvalue weighted by atomic mass is 16.5. The van der Waals surface area contributed by atoms with Crippen LogP contribution in [0.3, 0.4) is 0 Å². The fourth-order valence-electron chi connectivity index (χ4n) is 2.50. The number of fused-ring (bicyclic) bond motifs is 1. The second-order valence-corrected chi connectivity index (χ2v) is 5.11. The quantitative estimate of drug-likeness (QED) is 0.769. The third kappa shape index (κ3) is 3.73. The molecule has 0 fully saturated rings. The minimum Gasteiger partial charge on any atom is -0.497 e. The van der Waals surface area contributed by atoms with Gasteiger partial charge in [0.25, 0.3) is 0 Å². The highest BCUT2D eigenvalue weighted by Crippen LogP contribution is 2.27. The van der Waals surface area contributed by atoms with E-state index in [2.05, 4.69) is 5.32 Å². The Labute approximate surface area is 124 Å². The van der Waals surface area contributed by atoms with Gasteiger partial charge in [0.15, 0.2) is 0 Å². The van der Waals surface area contributed by atoms with Crippen molar-refractivity contribution in [3.63, 3.8) is 0 Å². The molecule has 0 saturated carbocycles. The minimum atomic E-state index is -0.765. The van der Waals surface area contributed by atoms with Crippen LogP contribution in [0.1, 0.15) is 24.3 Å². The van der Waals surface area contributed by atoms with Crippen LogP contribution in [-0.2, 0) is 4.79 Å². The van der Waals surface area contributed by atoms with Gasteiger partial charge in [-0.3, -0.25) is 4.79 Å². The number of carboxylic acids is 1. The van der Waals surface area contributed by atoms with E-state index >= 15 is 0 Å². The van der Waals surface area contributed by atoms with Crippen molar-refractivity contribution >= 4 is 16.7 Å². The first kappa shape index (κ1) is 15.3. The van der Waals surface area contributed by atoms with Crippen LogP contribution in [0.25, 0.3) is 10.8 Å². The molecule has 2 rings (SSSR count). The van der Waals surface area contributed by atoms with Gasteiger partial charge in [0.1, 0.15) is 5.75 Å². The topological polar surface area (TPSA) is 58.6 Å². The number of benzene rings is 2. The van der Waals surface area contributed by atoms with Crippen LogP contribution < -0.4 is 10.1 Å². The summed E-state index contributed by atoms with van der Waals surface area (Å²) in [6.07, 6.45) is 1.48. The molecule has 0 saturated heterocycles. The van der Waals surface area contributed by atoms with E-state index in [1.807, 2.05) is 43.4 Å². The monoisotopic (exact) mass is 287 g/mol. The number of carbonyl (C=O) groups is 1. The molecule has 2 N–H and O–H groups in total. The zero-order valence-corrected chi connectivity index (χ0v) is 12.4. The maximum absolute atomic E-state index is 11.5. The molecule has 2 aromatic carbocycles. The highest BCUT2D eigenvalue weighted by Gasteiger charge is 2.19. The Morgan fingerprint density at radius 3 is 2.62 bits per heavy atom. The van der Waals surface area contributed by atoms with Gasteiger partial charge < -0.3 is 15.2 Å². The molecule has 112 valence electrons. The average molecular weight is 287 g/mol. The molecule has 0 unspecified atom stereocenters. The van der Waals surface area contributed by atoms with Crippen molar-refractivity contribution in [2.24, 2.45) is 0 Å². The Kier molecular flexibility index (Phi) is 5.17. The van der Waals surface area contributed by atoms with E-state index in [1.165, 1.54) is 0 Å². The molecule has 0 radical (unpaired) electrons. The summed E-state index contributed by atoms with van der Waals surface area (Å²) < 4.78 is 5.20. The van der Waals surface area contributed by atoms with Crippen LogP contribution in [-0.4, -0.2) is 31.8 Å². The van der Waals surface area contributed by atoms with Crippen LogP contribution in [0.5, 0.6) is 5.75 Å². The van der Waals surface area contributed by atoms with E-state index in [9.17, 15) is 9.90 Å². The average Bonchev–Trinajstić information content (AvgIpc) is 2.50. The molecule has 21 heavy (non-hydrogen) atoms. The molecule has 4 heteroatoms. The van der Waals surface area contributed by atoms with E-state index in [-0.39, 0.29) is 0 Å². The Bertz CT molecular complexity index is 624. The van der Waals surface area contributed by atoms with Gasteiger partial charge in [-0.15, -0.1) is 0 Å². The molecule has 0 aliphatic heterocycles. The lowest BCUT2D eigenvalue weighted by molar-refractivity contribution is -0.139. The highest BCUT2D eigenvalue weighted by molar-refractivity contribution is 5.86. The smallest absolute Gasteiger partial charge is 0.310 e. The first-order chi connectivity index (χ1) is 10.2. The van der Waals surface area contributed by atoms with Crippen molar-refractivity contribution in [1.29, 1.82) is 0 Å². The van der Waals surface area contributed by atoms with Crippen molar-refractivity contribution in [3.8, 4) is 5.75 Å². The molecular weight excluding hydrogens is 266 g/mol. The lowest BCUT2D eigenvalue weighted by Crippen LogP contribution is -2.15. The second-order valence-electron chi connectivity index (χ2n) is 5.11. The fraction of sp³-hybridized carbons (Fsp3) is 0.353. The zero-order valence-electron chi connectivity index (χ0n) is 12.4. The Hall–Kier alpha value is -2.07. The van der Waals surface area contributed by atoms with Crippen molar-refractivity contribution in [3.05, 3.63) is 42.0 Å². The van der Waals surface area contributed by atoms with E-state index in [0.717, 1.165) is 35.1 Å². The van der Waals surface area contributed by atoms with E-state index in [4.69, 9.17) is 4.74 Å². The summed E-state index contributed by atoms with van der Waals surface area (Å²) in [5, 5.41) is 14.6. The van der Waals surface area contributed by atoms with E-state index < -0.39 is 11.9 Å². The Morgan fingerprint density at radius 2 is 1.95 bits per heavy atom. The van der Waals surface area contributed by atoms with Gasteiger partial charge in [0.05, 0.1) is 13.0 Å². The zero-order chi connectivity index (χ0) is 15.2. The van der Waals surface area contributed by atoms with Crippen molar-refractivity contribution < 1.29 is 14.6 Å². The summed E-state index contributed by atoms with van der Waals surface area (Å²) in [7, 11) is 3.51. The van der Waals surface area contributed by atoms with Gasteiger partial charge in [-0.25, -0.2) is 0 Å². The predicted molar refractivity (Wildman–Crippen MR) is 84.0 cm³/mol. The molecule has 2 aromatic rings. The molecule has 0 heterocycles. The van der Waals surface area contributed by atoms with Crippen LogP contribution in [0.2, 0.25) is 0 Å². The SMILES string of the molecule is CNCCC[C@H](C(=O)O)c1ccc2cc(OC)ccc2c1. The number of hydrogen-bond donors (Lipinski definition) is 2. The van der Waals surface area contributed by atoms with Gasteiger partial charge in [0.2, 0.25) is 0 Å². The maximum atomic E-state index is 11.5. The summed E-state index contributed by atoms with van der Waals surface area (Å²) in [5.41, 5.74) is 0.858. The molecule has 1 atom stereocenters. The summed E-state index contributed by atoms with van der Waals surface area (Å²) in [5.74, 6) is -0.414. The standard InChI is InChI=1S/C17H21NO3/c1-18-9-3-4-16(17(19)20)14-6-5-13-11-15(21-2)8-7-12(13)10-14/h5-8,10-11,16,18H,3-4,9H2,1-2H3,(H,19,20)/t16-/m0/s1. The maximum Gasteiger partial charge on any atom is 0.310 e. The van der Waals surface area contributed by atoms with E-state index in [1.54, 1.807) is 7.11 Å². The number of aliphatic carboxylic acids is 1. The Morgan fingerprint density at radius 1 is 1.24 bits per heavy atom.